The van der Waals surface area contributed by atoms with Crippen LogP contribution in [-0.4, -0.2) is 19.5 Å². The molecule has 0 saturated heterocycles. The number of fused-ring (bicyclic) bond motifs is 1. The topological polar surface area (TPSA) is 35.5 Å². The van der Waals surface area contributed by atoms with Gasteiger partial charge in [-0.15, -0.1) is 0 Å². The van der Waals surface area contributed by atoms with Gasteiger partial charge in [0.2, 0.25) is 0 Å². The van der Waals surface area contributed by atoms with Crippen LogP contribution < -0.4 is 9.47 Å². The molecule has 0 unspecified atom stereocenters. The fourth-order valence-electron chi connectivity index (χ4n) is 1.65. The standard InChI is InChI=1S/C11H12O3/c1-7-5-9(13-2)11-8(12)3-4-14-10(11)6-7/h5-6H,3-4H2,1-2H3. The van der Waals surface area contributed by atoms with Gasteiger partial charge in [0.1, 0.15) is 17.1 Å². The second kappa shape index (κ2) is 3.33. The third-order valence-electron chi connectivity index (χ3n) is 2.30. The predicted molar refractivity (Wildman–Crippen MR) is 52.2 cm³/mol. The molecule has 1 heterocycles. The maximum atomic E-state index is 11.6. The van der Waals surface area contributed by atoms with E-state index in [0.717, 1.165) is 5.56 Å². The van der Waals surface area contributed by atoms with E-state index in [-0.39, 0.29) is 5.78 Å². The van der Waals surface area contributed by atoms with Gasteiger partial charge < -0.3 is 9.47 Å². The summed E-state index contributed by atoms with van der Waals surface area (Å²) in [5.74, 6) is 1.37. The Morgan fingerprint density at radius 3 is 2.93 bits per heavy atom. The third kappa shape index (κ3) is 1.35. The Morgan fingerprint density at radius 2 is 2.21 bits per heavy atom. The molecule has 0 spiro atoms. The largest absolute Gasteiger partial charge is 0.496 e. The Bertz CT molecular complexity index is 365. The molecule has 1 aromatic rings. The van der Waals surface area contributed by atoms with Crippen molar-refractivity contribution in [3.05, 3.63) is 23.3 Å². The predicted octanol–water partition coefficient (Wildman–Crippen LogP) is 1.97. The summed E-state index contributed by atoms with van der Waals surface area (Å²) in [5, 5.41) is 0. The summed E-state index contributed by atoms with van der Waals surface area (Å²) in [6.45, 7) is 2.42. The van der Waals surface area contributed by atoms with Crippen molar-refractivity contribution < 1.29 is 14.3 Å². The maximum absolute atomic E-state index is 11.6. The Morgan fingerprint density at radius 1 is 1.43 bits per heavy atom. The molecule has 1 aromatic carbocycles. The van der Waals surface area contributed by atoms with Crippen LogP contribution in [0.2, 0.25) is 0 Å². The highest BCUT2D eigenvalue weighted by Gasteiger charge is 2.23. The SMILES string of the molecule is COc1cc(C)cc2c1C(=O)CCO2. The van der Waals surface area contributed by atoms with E-state index in [1.807, 2.05) is 19.1 Å². The lowest BCUT2D eigenvalue weighted by Gasteiger charge is -2.19. The highest BCUT2D eigenvalue weighted by Crippen LogP contribution is 2.33. The number of carbonyl (C=O) groups excluding carboxylic acids is 1. The summed E-state index contributed by atoms with van der Waals surface area (Å²) in [6.07, 6.45) is 0.437. The lowest BCUT2D eigenvalue weighted by atomic mass is 10.0. The molecule has 0 fully saturated rings. The van der Waals surface area contributed by atoms with Gasteiger partial charge in [-0.05, 0) is 24.6 Å². The van der Waals surface area contributed by atoms with Crippen LogP contribution in [0.4, 0.5) is 0 Å². The first-order chi connectivity index (χ1) is 6.72. The van der Waals surface area contributed by atoms with Crippen LogP contribution in [-0.2, 0) is 0 Å². The van der Waals surface area contributed by atoms with Gasteiger partial charge >= 0.3 is 0 Å². The summed E-state index contributed by atoms with van der Waals surface area (Å²) in [7, 11) is 1.57. The fraction of sp³-hybridized carbons (Fsp3) is 0.364. The van der Waals surface area contributed by atoms with Gasteiger partial charge in [-0.1, -0.05) is 0 Å². The van der Waals surface area contributed by atoms with Crippen LogP contribution in [0, 0.1) is 6.92 Å². The Kier molecular flexibility index (Phi) is 2.15. The molecule has 74 valence electrons. The molecule has 0 N–H and O–H groups in total. The number of ether oxygens (including phenoxy) is 2. The Hall–Kier alpha value is -1.51. The molecule has 0 saturated carbocycles. The van der Waals surface area contributed by atoms with Gasteiger partial charge in [0.15, 0.2) is 5.78 Å². The fourth-order valence-corrected chi connectivity index (χ4v) is 1.65. The van der Waals surface area contributed by atoms with Crippen LogP contribution in [0.1, 0.15) is 22.3 Å². The van der Waals surface area contributed by atoms with Crippen molar-refractivity contribution in [2.24, 2.45) is 0 Å². The number of rotatable bonds is 1. The average molecular weight is 192 g/mol. The van der Waals surface area contributed by atoms with E-state index in [2.05, 4.69) is 0 Å². The molecule has 3 heteroatoms. The molecule has 0 radical (unpaired) electrons. The molecule has 1 aliphatic heterocycles. The van der Waals surface area contributed by atoms with Crippen LogP contribution in [0.5, 0.6) is 11.5 Å². The highest BCUT2D eigenvalue weighted by atomic mass is 16.5. The van der Waals surface area contributed by atoms with Crippen molar-refractivity contribution in [2.75, 3.05) is 13.7 Å². The zero-order chi connectivity index (χ0) is 10.1. The molecule has 0 aliphatic carbocycles. The maximum Gasteiger partial charge on any atom is 0.173 e. The highest BCUT2D eigenvalue weighted by molar-refractivity contribution is 6.02. The number of methoxy groups -OCH3 is 1. The summed E-state index contributed by atoms with van der Waals surface area (Å²) in [6, 6.07) is 3.72. The first-order valence-electron chi connectivity index (χ1n) is 4.57. The van der Waals surface area contributed by atoms with Gasteiger partial charge in [0, 0.05) is 6.42 Å². The monoisotopic (exact) mass is 192 g/mol. The van der Waals surface area contributed by atoms with E-state index < -0.39 is 0 Å². The van der Waals surface area contributed by atoms with Gasteiger partial charge in [-0.3, -0.25) is 4.79 Å². The minimum Gasteiger partial charge on any atom is -0.496 e. The Labute approximate surface area is 82.6 Å². The van der Waals surface area contributed by atoms with Crippen molar-refractivity contribution >= 4 is 5.78 Å². The van der Waals surface area contributed by atoms with E-state index in [1.165, 1.54) is 0 Å². The number of Topliss-reactive ketones (excluding diaryl/α,β-unsaturated/α-hetero) is 1. The molecular weight excluding hydrogens is 180 g/mol. The number of aryl methyl sites for hydroxylation is 1. The summed E-state index contributed by atoms with van der Waals surface area (Å²) in [4.78, 5) is 11.6. The van der Waals surface area contributed by atoms with E-state index in [0.29, 0.717) is 30.1 Å². The first kappa shape index (κ1) is 9.06. The van der Waals surface area contributed by atoms with Crippen molar-refractivity contribution in [3.63, 3.8) is 0 Å². The zero-order valence-electron chi connectivity index (χ0n) is 8.29. The average Bonchev–Trinajstić information content (AvgIpc) is 2.16. The lowest BCUT2D eigenvalue weighted by molar-refractivity contribution is 0.0929. The minimum absolute atomic E-state index is 0.100. The smallest absolute Gasteiger partial charge is 0.173 e. The second-order valence-corrected chi connectivity index (χ2v) is 3.36. The number of hydrogen-bond acceptors (Lipinski definition) is 3. The summed E-state index contributed by atoms with van der Waals surface area (Å²) < 4.78 is 10.6. The summed E-state index contributed by atoms with van der Waals surface area (Å²) in [5.41, 5.74) is 1.62. The molecule has 0 bridgehead atoms. The number of ketones is 1. The van der Waals surface area contributed by atoms with Gasteiger partial charge in [-0.25, -0.2) is 0 Å². The molecule has 0 atom stereocenters. The van der Waals surface area contributed by atoms with Crippen molar-refractivity contribution in [1.82, 2.24) is 0 Å². The summed E-state index contributed by atoms with van der Waals surface area (Å²) >= 11 is 0. The number of carbonyl (C=O) groups is 1. The zero-order valence-corrected chi connectivity index (χ0v) is 8.29. The van der Waals surface area contributed by atoms with Crippen molar-refractivity contribution in [3.8, 4) is 11.5 Å². The molecular formula is C11H12O3. The van der Waals surface area contributed by atoms with Gasteiger partial charge in [-0.2, -0.15) is 0 Å². The van der Waals surface area contributed by atoms with Crippen LogP contribution in [0.3, 0.4) is 0 Å². The van der Waals surface area contributed by atoms with E-state index in [4.69, 9.17) is 9.47 Å². The number of hydrogen-bond donors (Lipinski definition) is 0. The van der Waals surface area contributed by atoms with E-state index in [9.17, 15) is 4.79 Å². The van der Waals surface area contributed by atoms with Gasteiger partial charge in [0.25, 0.3) is 0 Å². The van der Waals surface area contributed by atoms with Crippen LogP contribution in [0.25, 0.3) is 0 Å². The molecule has 3 nitrogen and oxygen atoms in total. The van der Waals surface area contributed by atoms with Crippen molar-refractivity contribution in [1.29, 1.82) is 0 Å². The molecule has 1 aliphatic rings. The third-order valence-corrected chi connectivity index (χ3v) is 2.30. The normalized spacial score (nSPS) is 14.6. The number of benzene rings is 1. The van der Waals surface area contributed by atoms with Gasteiger partial charge in [0.05, 0.1) is 13.7 Å². The lowest BCUT2D eigenvalue weighted by Crippen LogP contribution is -2.16. The molecule has 14 heavy (non-hydrogen) atoms. The van der Waals surface area contributed by atoms with E-state index in [1.54, 1.807) is 7.11 Å². The molecule has 0 aromatic heterocycles. The van der Waals surface area contributed by atoms with Crippen molar-refractivity contribution in [2.45, 2.75) is 13.3 Å². The quantitative estimate of drug-likeness (QED) is 0.682. The minimum atomic E-state index is 0.100. The van der Waals surface area contributed by atoms with Crippen LogP contribution >= 0.6 is 0 Å². The first-order valence-corrected chi connectivity index (χ1v) is 4.57. The van der Waals surface area contributed by atoms with E-state index >= 15 is 0 Å². The second-order valence-electron chi connectivity index (χ2n) is 3.36. The van der Waals surface area contributed by atoms with Crippen LogP contribution in [0.15, 0.2) is 12.1 Å². The molecule has 0 amide bonds. The Balaban J connectivity index is 2.61. The molecule has 2 rings (SSSR count).